The highest BCUT2D eigenvalue weighted by atomic mass is 19.1. The van der Waals surface area contributed by atoms with Crippen molar-refractivity contribution in [2.75, 3.05) is 57.5 Å². The van der Waals surface area contributed by atoms with Crippen molar-refractivity contribution in [3.63, 3.8) is 0 Å². The molecule has 5 aromatic rings. The molecular weight excluding hydrogens is 610 g/mol. The third kappa shape index (κ3) is 6.29. The number of ketones is 1. The van der Waals surface area contributed by atoms with E-state index in [-0.39, 0.29) is 17.7 Å². The van der Waals surface area contributed by atoms with Gasteiger partial charge in [-0.05, 0) is 54.1 Å². The van der Waals surface area contributed by atoms with Gasteiger partial charge in [-0.1, -0.05) is 6.07 Å². The molecule has 11 nitrogen and oxygen atoms in total. The Labute approximate surface area is 268 Å². The molecule has 13 heteroatoms. The van der Waals surface area contributed by atoms with E-state index in [9.17, 15) is 14.0 Å². The number of nitrogens with zero attached hydrogens (tertiary/aromatic N) is 5. The van der Waals surface area contributed by atoms with Crippen LogP contribution in [0.3, 0.4) is 0 Å². The van der Waals surface area contributed by atoms with Crippen molar-refractivity contribution in [2.45, 2.75) is 13.0 Å². The number of benzene rings is 3. The van der Waals surface area contributed by atoms with Gasteiger partial charge in [0, 0.05) is 51.6 Å². The number of rotatable bonds is 9. The van der Waals surface area contributed by atoms with Gasteiger partial charge < -0.3 is 19.1 Å². The van der Waals surface area contributed by atoms with Crippen LogP contribution in [-0.4, -0.2) is 82.9 Å². The van der Waals surface area contributed by atoms with E-state index in [1.807, 2.05) is 12.1 Å². The summed E-state index contributed by atoms with van der Waals surface area (Å²) >= 11 is 0. The number of nitrogens with one attached hydrogen (secondary N) is 1. The lowest BCUT2D eigenvalue weighted by Crippen LogP contribution is -2.36. The summed E-state index contributed by atoms with van der Waals surface area (Å²) in [7, 11) is 1.70. The Morgan fingerprint density at radius 1 is 0.936 bits per heavy atom. The maximum Gasteiger partial charge on any atom is 0.282 e. The molecule has 0 amide bonds. The monoisotopic (exact) mass is 644 g/mol. The lowest BCUT2D eigenvalue weighted by molar-refractivity contribution is 0.0329. The number of aromatic amines is 1. The molecule has 2 aliphatic rings. The van der Waals surface area contributed by atoms with Gasteiger partial charge in [0.15, 0.2) is 23.1 Å². The molecule has 244 valence electrons. The standard InChI is InChI=1S/C34H34F2N6O5/c1-39-29(21-40-8-12-45-13-9-40)33(34(44)42(39)25-5-3-24(35)4-6-25)30(43)17-22-2-7-31(26(36)16-22)47-32-18-23-20-37-38-27(23)19-28(32)41-10-14-46-15-11-41/h2-7,16,18-20H,8-15,17,21H2,1H3,(H,37,38). The lowest BCUT2D eigenvalue weighted by atomic mass is 10.0. The maximum atomic E-state index is 15.6. The molecule has 0 bridgehead atoms. The third-order valence-corrected chi connectivity index (χ3v) is 8.66. The van der Waals surface area contributed by atoms with Gasteiger partial charge in [0.1, 0.15) is 11.4 Å². The predicted molar refractivity (Wildman–Crippen MR) is 171 cm³/mol. The molecule has 0 atom stereocenters. The van der Waals surface area contributed by atoms with E-state index in [0.29, 0.717) is 81.8 Å². The van der Waals surface area contributed by atoms with Crippen LogP contribution in [0.4, 0.5) is 14.5 Å². The number of aromatic nitrogens is 4. The molecule has 2 saturated heterocycles. The van der Waals surface area contributed by atoms with Gasteiger partial charge >= 0.3 is 0 Å². The van der Waals surface area contributed by atoms with Crippen LogP contribution in [0, 0.1) is 11.6 Å². The van der Waals surface area contributed by atoms with E-state index in [0.717, 1.165) is 16.6 Å². The van der Waals surface area contributed by atoms with Crippen LogP contribution in [0.5, 0.6) is 11.5 Å². The Morgan fingerprint density at radius 3 is 2.38 bits per heavy atom. The number of morpholine rings is 2. The maximum absolute atomic E-state index is 15.6. The average Bonchev–Trinajstić information content (AvgIpc) is 3.64. The van der Waals surface area contributed by atoms with Crippen LogP contribution in [0.1, 0.15) is 21.6 Å². The van der Waals surface area contributed by atoms with Crippen LogP contribution < -0.4 is 15.2 Å². The van der Waals surface area contributed by atoms with Gasteiger partial charge in [-0.15, -0.1) is 0 Å². The third-order valence-electron chi connectivity index (χ3n) is 8.66. The van der Waals surface area contributed by atoms with Gasteiger partial charge in [0.25, 0.3) is 5.56 Å². The molecule has 2 aromatic heterocycles. The molecule has 4 heterocycles. The number of hydrogen-bond acceptors (Lipinski definition) is 8. The number of hydrogen-bond donors (Lipinski definition) is 1. The zero-order chi connectivity index (χ0) is 32.5. The molecule has 1 N–H and O–H groups in total. The summed E-state index contributed by atoms with van der Waals surface area (Å²) in [6.07, 6.45) is 1.48. The Balaban J connectivity index is 1.17. The number of halogens is 2. The van der Waals surface area contributed by atoms with Crippen molar-refractivity contribution >= 4 is 22.4 Å². The zero-order valence-corrected chi connectivity index (χ0v) is 25.9. The Bertz CT molecular complexity index is 1970. The molecule has 47 heavy (non-hydrogen) atoms. The van der Waals surface area contributed by atoms with Crippen molar-refractivity contribution in [1.29, 1.82) is 0 Å². The average molecular weight is 645 g/mol. The summed E-state index contributed by atoms with van der Waals surface area (Å²) in [5.41, 5.74) is 2.48. The fraction of sp³-hybridized carbons (Fsp3) is 0.324. The first kappa shape index (κ1) is 30.8. The molecule has 7 rings (SSSR count). The Kier molecular flexibility index (Phi) is 8.58. The number of ether oxygens (including phenoxy) is 3. The minimum absolute atomic E-state index is 0.00457. The van der Waals surface area contributed by atoms with Crippen molar-refractivity contribution in [3.05, 3.63) is 99.6 Å². The summed E-state index contributed by atoms with van der Waals surface area (Å²) in [6.45, 7) is 5.21. The number of carbonyl (C=O) groups is 1. The molecule has 3 aromatic carbocycles. The second-order valence-electron chi connectivity index (χ2n) is 11.7. The highest BCUT2D eigenvalue weighted by Crippen LogP contribution is 2.37. The Morgan fingerprint density at radius 2 is 1.66 bits per heavy atom. The predicted octanol–water partition coefficient (Wildman–Crippen LogP) is 4.22. The van der Waals surface area contributed by atoms with Crippen molar-refractivity contribution in [2.24, 2.45) is 7.05 Å². The van der Waals surface area contributed by atoms with Crippen LogP contribution in [0.15, 0.2) is 65.6 Å². The summed E-state index contributed by atoms with van der Waals surface area (Å²) in [4.78, 5) is 31.9. The number of H-pyrrole nitrogens is 1. The highest BCUT2D eigenvalue weighted by molar-refractivity contribution is 5.98. The van der Waals surface area contributed by atoms with Gasteiger partial charge in [0.2, 0.25) is 0 Å². The summed E-state index contributed by atoms with van der Waals surface area (Å²) in [5.74, 6) is -1.04. The molecule has 0 radical (unpaired) electrons. The van der Waals surface area contributed by atoms with E-state index in [1.54, 1.807) is 24.0 Å². The van der Waals surface area contributed by atoms with Gasteiger partial charge in [-0.25, -0.2) is 13.5 Å². The van der Waals surface area contributed by atoms with Crippen LogP contribution in [-0.2, 0) is 29.5 Å². The lowest BCUT2D eigenvalue weighted by Gasteiger charge is -2.30. The minimum atomic E-state index is -0.638. The van der Waals surface area contributed by atoms with E-state index in [2.05, 4.69) is 20.0 Å². The van der Waals surface area contributed by atoms with Gasteiger partial charge in [-0.2, -0.15) is 5.10 Å². The largest absolute Gasteiger partial charge is 0.452 e. The minimum Gasteiger partial charge on any atom is -0.452 e. The number of Topliss-reactive ketones (excluding diaryl/α,β-unsaturated/α-hetero) is 1. The topological polar surface area (TPSA) is 107 Å². The fourth-order valence-electron chi connectivity index (χ4n) is 6.18. The number of fused-ring (bicyclic) bond motifs is 1. The first-order valence-corrected chi connectivity index (χ1v) is 15.5. The first-order chi connectivity index (χ1) is 22.9. The SMILES string of the molecule is Cn1c(CN2CCOCC2)c(C(=O)Cc2ccc(Oc3cc4cn[nH]c4cc3N3CCOCC3)c(F)c2)c(=O)n1-c1ccc(F)cc1. The fourth-order valence-corrected chi connectivity index (χ4v) is 6.18. The van der Waals surface area contributed by atoms with Crippen LogP contribution in [0.25, 0.3) is 16.6 Å². The zero-order valence-electron chi connectivity index (χ0n) is 25.9. The molecular formula is C34H34F2N6O5. The summed E-state index contributed by atoms with van der Waals surface area (Å²) < 4.78 is 49.4. The van der Waals surface area contributed by atoms with E-state index in [1.165, 1.54) is 41.1 Å². The second kappa shape index (κ2) is 13.1. The summed E-state index contributed by atoms with van der Waals surface area (Å²) in [5, 5.41) is 7.90. The first-order valence-electron chi connectivity index (χ1n) is 15.5. The number of carbonyl (C=O) groups excluding carboxylic acids is 1. The van der Waals surface area contributed by atoms with Gasteiger partial charge in [-0.3, -0.25) is 24.3 Å². The molecule has 0 aliphatic carbocycles. The normalized spacial score (nSPS) is 15.8. The summed E-state index contributed by atoms with van der Waals surface area (Å²) in [6, 6.07) is 13.7. The van der Waals surface area contributed by atoms with E-state index >= 15 is 4.39 Å². The molecule has 2 aliphatic heterocycles. The van der Waals surface area contributed by atoms with E-state index < -0.39 is 23.0 Å². The van der Waals surface area contributed by atoms with Crippen LogP contribution >= 0.6 is 0 Å². The number of anilines is 1. The molecule has 0 saturated carbocycles. The van der Waals surface area contributed by atoms with Gasteiger partial charge in [0.05, 0.1) is 55.2 Å². The smallest absolute Gasteiger partial charge is 0.282 e. The van der Waals surface area contributed by atoms with Crippen molar-refractivity contribution < 1.29 is 27.8 Å². The molecule has 0 unspecified atom stereocenters. The quantitative estimate of drug-likeness (QED) is 0.238. The van der Waals surface area contributed by atoms with Crippen molar-refractivity contribution in [3.8, 4) is 17.2 Å². The second-order valence-corrected chi connectivity index (χ2v) is 11.7. The van der Waals surface area contributed by atoms with Crippen LogP contribution in [0.2, 0.25) is 0 Å². The highest BCUT2D eigenvalue weighted by Gasteiger charge is 2.27. The van der Waals surface area contributed by atoms with E-state index in [4.69, 9.17) is 14.2 Å². The molecule has 0 spiro atoms. The Hall–Kier alpha value is -4.85. The molecule has 2 fully saturated rings. The van der Waals surface area contributed by atoms with Crippen molar-refractivity contribution in [1.82, 2.24) is 24.5 Å².